The number of fused-ring (bicyclic) bond motifs is 1. The van der Waals surface area contributed by atoms with Crippen molar-refractivity contribution < 1.29 is 9.90 Å². The molecule has 0 aliphatic heterocycles. The zero-order valence-corrected chi connectivity index (χ0v) is 11.4. The van der Waals surface area contributed by atoms with Gasteiger partial charge < -0.3 is 10.4 Å². The van der Waals surface area contributed by atoms with E-state index in [2.05, 4.69) is 29.6 Å². The monoisotopic (exact) mass is 267 g/mol. The molecule has 0 amide bonds. The lowest BCUT2D eigenvalue weighted by Gasteiger charge is -2.16. The molecule has 0 saturated heterocycles. The summed E-state index contributed by atoms with van der Waals surface area (Å²) < 4.78 is 0. The molecule has 2 aromatic rings. The Kier molecular flexibility index (Phi) is 3.18. The highest BCUT2D eigenvalue weighted by Gasteiger charge is 2.21. The van der Waals surface area contributed by atoms with E-state index in [0.717, 1.165) is 24.1 Å². The number of aromatic carboxylic acids is 1. The number of carboxylic acid groups (broad SMARTS) is 1. The van der Waals surface area contributed by atoms with Crippen LogP contribution in [0.1, 0.15) is 27.0 Å². The number of hydrogen-bond acceptors (Lipinski definition) is 2. The summed E-state index contributed by atoms with van der Waals surface area (Å²) in [6.45, 7) is 1.86. The van der Waals surface area contributed by atoms with E-state index in [1.165, 1.54) is 11.1 Å². The summed E-state index contributed by atoms with van der Waals surface area (Å²) in [7, 11) is 0. The third kappa shape index (κ3) is 2.27. The molecule has 20 heavy (non-hydrogen) atoms. The summed E-state index contributed by atoms with van der Waals surface area (Å²) in [6, 6.07) is 14.2. The van der Waals surface area contributed by atoms with Crippen LogP contribution in [0.4, 0.5) is 5.69 Å². The van der Waals surface area contributed by atoms with Crippen molar-refractivity contribution in [2.75, 3.05) is 5.32 Å². The normalized spacial score (nSPS) is 14.1. The standard InChI is InChI=1S/C17H17NO2/c1-11-15(17(19)20)7-4-8-16(11)18-14-9-12-5-2-3-6-13(12)10-14/h2-8,14,18H,9-10H2,1H3,(H,19,20). The summed E-state index contributed by atoms with van der Waals surface area (Å²) in [4.78, 5) is 11.2. The molecule has 2 N–H and O–H groups in total. The summed E-state index contributed by atoms with van der Waals surface area (Å²) in [5, 5.41) is 12.7. The van der Waals surface area contributed by atoms with Crippen molar-refractivity contribution in [1.29, 1.82) is 0 Å². The topological polar surface area (TPSA) is 49.3 Å². The van der Waals surface area contributed by atoms with Gasteiger partial charge in [0.25, 0.3) is 0 Å². The van der Waals surface area contributed by atoms with Gasteiger partial charge in [0, 0.05) is 11.7 Å². The maximum atomic E-state index is 11.2. The minimum atomic E-state index is -0.874. The summed E-state index contributed by atoms with van der Waals surface area (Å²) >= 11 is 0. The molecular weight excluding hydrogens is 250 g/mol. The Balaban J connectivity index is 1.81. The number of benzene rings is 2. The van der Waals surface area contributed by atoms with Crippen LogP contribution in [0.15, 0.2) is 42.5 Å². The molecule has 102 valence electrons. The highest BCUT2D eigenvalue weighted by molar-refractivity contribution is 5.91. The van der Waals surface area contributed by atoms with Gasteiger partial charge in [0.05, 0.1) is 5.56 Å². The Morgan fingerprint density at radius 1 is 1.10 bits per heavy atom. The molecule has 0 unspecified atom stereocenters. The van der Waals surface area contributed by atoms with E-state index in [-0.39, 0.29) is 0 Å². The van der Waals surface area contributed by atoms with Crippen molar-refractivity contribution in [2.24, 2.45) is 0 Å². The zero-order valence-electron chi connectivity index (χ0n) is 11.4. The van der Waals surface area contributed by atoms with Gasteiger partial charge in [0.2, 0.25) is 0 Å². The molecule has 0 atom stereocenters. The second-order valence-corrected chi connectivity index (χ2v) is 5.30. The number of anilines is 1. The first-order valence-corrected chi connectivity index (χ1v) is 6.81. The van der Waals surface area contributed by atoms with E-state index in [1.54, 1.807) is 12.1 Å². The van der Waals surface area contributed by atoms with Gasteiger partial charge >= 0.3 is 5.97 Å². The smallest absolute Gasteiger partial charge is 0.336 e. The molecule has 3 heteroatoms. The maximum absolute atomic E-state index is 11.2. The minimum Gasteiger partial charge on any atom is -0.478 e. The SMILES string of the molecule is Cc1c(NC2Cc3ccccc3C2)cccc1C(=O)O. The molecule has 0 fully saturated rings. The molecule has 0 heterocycles. The van der Waals surface area contributed by atoms with E-state index >= 15 is 0 Å². The number of carbonyl (C=O) groups is 1. The molecule has 0 radical (unpaired) electrons. The fraction of sp³-hybridized carbons (Fsp3) is 0.235. The van der Waals surface area contributed by atoms with Gasteiger partial charge in [-0.05, 0) is 48.6 Å². The maximum Gasteiger partial charge on any atom is 0.336 e. The van der Waals surface area contributed by atoms with Crippen molar-refractivity contribution in [3.05, 3.63) is 64.7 Å². The fourth-order valence-electron chi connectivity index (χ4n) is 2.90. The second kappa shape index (κ2) is 5.00. The molecule has 1 aliphatic rings. The van der Waals surface area contributed by atoms with Crippen LogP contribution in [0, 0.1) is 6.92 Å². The predicted octanol–water partition coefficient (Wildman–Crippen LogP) is 3.27. The molecule has 0 saturated carbocycles. The summed E-state index contributed by atoms with van der Waals surface area (Å²) in [5.41, 5.74) is 4.86. The first-order valence-electron chi connectivity index (χ1n) is 6.81. The molecular formula is C17H17NO2. The highest BCUT2D eigenvalue weighted by atomic mass is 16.4. The molecule has 3 rings (SSSR count). The minimum absolute atomic E-state index is 0.343. The largest absolute Gasteiger partial charge is 0.478 e. The first-order chi connectivity index (χ1) is 9.65. The van der Waals surface area contributed by atoms with Crippen molar-refractivity contribution in [2.45, 2.75) is 25.8 Å². The van der Waals surface area contributed by atoms with E-state index in [1.807, 2.05) is 13.0 Å². The Morgan fingerprint density at radius 3 is 2.35 bits per heavy atom. The van der Waals surface area contributed by atoms with Crippen molar-refractivity contribution in [3.63, 3.8) is 0 Å². The van der Waals surface area contributed by atoms with Crippen LogP contribution in [0.3, 0.4) is 0 Å². The van der Waals surface area contributed by atoms with E-state index in [9.17, 15) is 4.79 Å². The highest BCUT2D eigenvalue weighted by Crippen LogP contribution is 2.26. The Bertz CT molecular complexity index is 639. The fourth-order valence-corrected chi connectivity index (χ4v) is 2.90. The van der Waals surface area contributed by atoms with Gasteiger partial charge in [-0.25, -0.2) is 4.79 Å². The van der Waals surface area contributed by atoms with Gasteiger partial charge in [-0.1, -0.05) is 30.3 Å². The third-order valence-corrected chi connectivity index (χ3v) is 3.97. The quantitative estimate of drug-likeness (QED) is 0.897. The van der Waals surface area contributed by atoms with Crippen molar-refractivity contribution in [1.82, 2.24) is 0 Å². The predicted molar refractivity (Wildman–Crippen MR) is 79.4 cm³/mol. The molecule has 1 aliphatic carbocycles. The van der Waals surface area contributed by atoms with Gasteiger partial charge in [0.1, 0.15) is 0 Å². The lowest BCUT2D eigenvalue weighted by Crippen LogP contribution is -2.20. The van der Waals surface area contributed by atoms with E-state index < -0.39 is 5.97 Å². The Morgan fingerprint density at radius 2 is 1.75 bits per heavy atom. The number of rotatable bonds is 3. The molecule has 0 bridgehead atoms. The average molecular weight is 267 g/mol. The zero-order chi connectivity index (χ0) is 14.1. The Labute approximate surface area is 118 Å². The summed E-state index contributed by atoms with van der Waals surface area (Å²) in [5.74, 6) is -0.874. The molecule has 2 aromatic carbocycles. The first kappa shape index (κ1) is 12.7. The number of carboxylic acids is 1. The van der Waals surface area contributed by atoms with Crippen LogP contribution >= 0.6 is 0 Å². The summed E-state index contributed by atoms with van der Waals surface area (Å²) in [6.07, 6.45) is 1.99. The van der Waals surface area contributed by atoms with Crippen LogP contribution in [-0.4, -0.2) is 17.1 Å². The lowest BCUT2D eigenvalue weighted by atomic mass is 10.1. The van der Waals surface area contributed by atoms with Crippen LogP contribution in [0.2, 0.25) is 0 Å². The van der Waals surface area contributed by atoms with Gasteiger partial charge in [-0.2, -0.15) is 0 Å². The van der Waals surface area contributed by atoms with Crippen LogP contribution in [0.5, 0.6) is 0 Å². The van der Waals surface area contributed by atoms with Gasteiger partial charge in [0.15, 0.2) is 0 Å². The average Bonchev–Trinajstić information content (AvgIpc) is 2.83. The van der Waals surface area contributed by atoms with Gasteiger partial charge in [-0.3, -0.25) is 0 Å². The van der Waals surface area contributed by atoms with E-state index in [0.29, 0.717) is 11.6 Å². The molecule has 0 aromatic heterocycles. The van der Waals surface area contributed by atoms with Gasteiger partial charge in [-0.15, -0.1) is 0 Å². The Hall–Kier alpha value is -2.29. The van der Waals surface area contributed by atoms with E-state index in [4.69, 9.17) is 5.11 Å². The number of hydrogen-bond donors (Lipinski definition) is 2. The number of nitrogens with one attached hydrogen (secondary N) is 1. The van der Waals surface area contributed by atoms with Crippen molar-refractivity contribution >= 4 is 11.7 Å². The van der Waals surface area contributed by atoms with Crippen LogP contribution in [-0.2, 0) is 12.8 Å². The third-order valence-electron chi connectivity index (χ3n) is 3.97. The molecule has 0 spiro atoms. The second-order valence-electron chi connectivity index (χ2n) is 5.30. The lowest BCUT2D eigenvalue weighted by molar-refractivity contribution is 0.0696. The molecule has 3 nitrogen and oxygen atoms in total. The van der Waals surface area contributed by atoms with Crippen LogP contribution < -0.4 is 5.32 Å². The van der Waals surface area contributed by atoms with Crippen LogP contribution in [0.25, 0.3) is 0 Å². The van der Waals surface area contributed by atoms with Crippen molar-refractivity contribution in [3.8, 4) is 0 Å².